The molecule has 2 aromatic carbocycles. The molecule has 0 saturated carbocycles. The summed E-state index contributed by atoms with van der Waals surface area (Å²) in [6.45, 7) is 2.26. The molecular weight excluding hydrogens is 415 g/mol. The first-order valence-corrected chi connectivity index (χ1v) is 9.80. The maximum absolute atomic E-state index is 14.0. The van der Waals surface area contributed by atoms with Crippen molar-refractivity contribution in [3.8, 4) is 11.5 Å². The molecule has 2 aromatic rings. The van der Waals surface area contributed by atoms with Gasteiger partial charge in [-0.05, 0) is 52.2 Å². The van der Waals surface area contributed by atoms with Crippen LogP contribution in [0.4, 0.5) is 10.1 Å². The van der Waals surface area contributed by atoms with Gasteiger partial charge in [-0.3, -0.25) is 4.79 Å². The van der Waals surface area contributed by atoms with Crippen LogP contribution in [0.3, 0.4) is 0 Å². The van der Waals surface area contributed by atoms with Gasteiger partial charge in [0.05, 0.1) is 29.4 Å². The summed E-state index contributed by atoms with van der Waals surface area (Å²) in [6.07, 6.45) is 1.48. The highest BCUT2D eigenvalue weighted by Gasteiger charge is 2.33. The molecule has 2 aliphatic heterocycles. The Labute approximate surface area is 165 Å². The molecular formula is C20H20BrFN2O3. The van der Waals surface area contributed by atoms with Crippen LogP contribution in [0.2, 0.25) is 0 Å². The third-order valence-electron chi connectivity index (χ3n) is 4.76. The number of nitrogens with zero attached hydrogens (tertiary/aromatic N) is 1. The second-order valence-corrected chi connectivity index (χ2v) is 7.47. The smallest absolute Gasteiger partial charge is 0.244 e. The van der Waals surface area contributed by atoms with Crippen LogP contribution in [0.25, 0.3) is 0 Å². The lowest BCUT2D eigenvalue weighted by Crippen LogP contribution is -2.38. The van der Waals surface area contributed by atoms with E-state index in [-0.39, 0.29) is 17.8 Å². The molecule has 0 radical (unpaired) electrons. The average Bonchev–Trinajstić information content (AvgIpc) is 2.87. The fourth-order valence-corrected chi connectivity index (χ4v) is 4.01. The van der Waals surface area contributed by atoms with Gasteiger partial charge in [0.25, 0.3) is 0 Å². The van der Waals surface area contributed by atoms with E-state index in [1.165, 1.54) is 11.0 Å². The fraction of sp³-hybridized carbons (Fsp3) is 0.350. The first-order chi connectivity index (χ1) is 13.1. The highest BCUT2D eigenvalue weighted by molar-refractivity contribution is 9.10. The molecule has 0 unspecified atom stereocenters. The van der Waals surface area contributed by atoms with E-state index >= 15 is 0 Å². The zero-order valence-electron chi connectivity index (χ0n) is 14.7. The highest BCUT2D eigenvalue weighted by atomic mass is 79.9. The van der Waals surface area contributed by atoms with E-state index in [9.17, 15) is 9.18 Å². The van der Waals surface area contributed by atoms with Gasteiger partial charge in [-0.2, -0.15) is 0 Å². The van der Waals surface area contributed by atoms with Crippen LogP contribution in [0.5, 0.6) is 11.5 Å². The molecule has 2 heterocycles. The third-order valence-corrected chi connectivity index (χ3v) is 5.35. The Balaban J connectivity index is 1.44. The maximum Gasteiger partial charge on any atom is 0.244 e. The lowest BCUT2D eigenvalue weighted by molar-refractivity contribution is -0.118. The van der Waals surface area contributed by atoms with E-state index in [2.05, 4.69) is 21.2 Å². The molecule has 1 atom stereocenters. The van der Waals surface area contributed by atoms with Gasteiger partial charge in [0.2, 0.25) is 5.91 Å². The van der Waals surface area contributed by atoms with Crippen molar-refractivity contribution in [1.29, 1.82) is 0 Å². The topological polar surface area (TPSA) is 50.8 Å². The SMILES string of the molecule is O=C1[C@@H](NCc2cc(Br)c3c(c2)OCCCO3)CCN1c1ccccc1F. The predicted octanol–water partition coefficient (Wildman–Crippen LogP) is 3.64. The van der Waals surface area contributed by atoms with Gasteiger partial charge in [-0.1, -0.05) is 12.1 Å². The van der Waals surface area contributed by atoms with Crippen LogP contribution >= 0.6 is 15.9 Å². The molecule has 1 amide bonds. The molecule has 27 heavy (non-hydrogen) atoms. The van der Waals surface area contributed by atoms with E-state index in [4.69, 9.17) is 9.47 Å². The van der Waals surface area contributed by atoms with Gasteiger partial charge in [0.1, 0.15) is 5.82 Å². The fourth-order valence-electron chi connectivity index (χ4n) is 3.41. The molecule has 2 aliphatic rings. The quantitative estimate of drug-likeness (QED) is 0.797. The lowest BCUT2D eigenvalue weighted by Gasteiger charge is -2.18. The summed E-state index contributed by atoms with van der Waals surface area (Å²) in [5.41, 5.74) is 1.33. The number of nitrogens with one attached hydrogen (secondary N) is 1. The van der Waals surface area contributed by atoms with Crippen molar-refractivity contribution in [3.63, 3.8) is 0 Å². The van der Waals surface area contributed by atoms with Crippen molar-refractivity contribution in [2.45, 2.75) is 25.4 Å². The number of hydrogen-bond donors (Lipinski definition) is 1. The average molecular weight is 435 g/mol. The van der Waals surface area contributed by atoms with E-state index in [0.717, 1.165) is 22.2 Å². The van der Waals surface area contributed by atoms with Crippen LogP contribution in [0.15, 0.2) is 40.9 Å². The number of rotatable bonds is 4. The summed E-state index contributed by atoms with van der Waals surface area (Å²) in [7, 11) is 0. The Bertz CT molecular complexity index is 861. The Morgan fingerprint density at radius 2 is 2.04 bits per heavy atom. The second-order valence-electron chi connectivity index (χ2n) is 6.62. The summed E-state index contributed by atoms with van der Waals surface area (Å²) in [6, 6.07) is 9.94. The Morgan fingerprint density at radius 3 is 2.89 bits per heavy atom. The number of carbonyl (C=O) groups is 1. The van der Waals surface area contributed by atoms with E-state index in [0.29, 0.717) is 44.2 Å². The van der Waals surface area contributed by atoms with Gasteiger partial charge in [-0.15, -0.1) is 0 Å². The molecule has 1 fully saturated rings. The van der Waals surface area contributed by atoms with Gasteiger partial charge in [0.15, 0.2) is 11.5 Å². The van der Waals surface area contributed by atoms with Crippen molar-refractivity contribution in [1.82, 2.24) is 5.32 Å². The van der Waals surface area contributed by atoms with Crippen LogP contribution < -0.4 is 19.7 Å². The third kappa shape index (κ3) is 3.80. The predicted molar refractivity (Wildman–Crippen MR) is 104 cm³/mol. The normalized spacial score (nSPS) is 19.3. The van der Waals surface area contributed by atoms with Crippen LogP contribution in [-0.2, 0) is 11.3 Å². The molecule has 7 heteroatoms. The molecule has 5 nitrogen and oxygen atoms in total. The maximum atomic E-state index is 14.0. The largest absolute Gasteiger partial charge is 0.490 e. The number of halogens is 2. The van der Waals surface area contributed by atoms with E-state index in [1.54, 1.807) is 18.2 Å². The molecule has 142 valence electrons. The number of para-hydroxylation sites is 1. The van der Waals surface area contributed by atoms with Crippen molar-refractivity contribution < 1.29 is 18.7 Å². The lowest BCUT2D eigenvalue weighted by atomic mass is 10.1. The summed E-state index contributed by atoms with van der Waals surface area (Å²) >= 11 is 3.53. The van der Waals surface area contributed by atoms with Crippen LogP contribution in [0.1, 0.15) is 18.4 Å². The summed E-state index contributed by atoms with van der Waals surface area (Å²) < 4.78 is 26.3. The van der Waals surface area contributed by atoms with Crippen LogP contribution in [0, 0.1) is 5.82 Å². The number of carbonyl (C=O) groups excluding carboxylic acids is 1. The highest BCUT2D eigenvalue weighted by Crippen LogP contribution is 2.38. The zero-order chi connectivity index (χ0) is 18.8. The minimum Gasteiger partial charge on any atom is -0.490 e. The Morgan fingerprint density at radius 1 is 1.22 bits per heavy atom. The number of fused-ring (bicyclic) bond motifs is 1. The summed E-state index contributed by atoms with van der Waals surface area (Å²) in [5, 5.41) is 3.29. The first-order valence-electron chi connectivity index (χ1n) is 9.01. The summed E-state index contributed by atoms with van der Waals surface area (Å²) in [5.74, 6) is 0.954. The first kappa shape index (κ1) is 18.3. The molecule has 0 bridgehead atoms. The molecule has 1 saturated heterocycles. The standard InChI is InChI=1S/C20H20BrFN2O3/c21-14-10-13(11-18-19(14)27-9-3-8-26-18)12-23-16-6-7-24(20(16)25)17-5-2-1-4-15(17)22/h1-2,4-5,10-11,16,23H,3,6-9,12H2/t16-/m0/s1. The number of anilines is 1. The van der Waals surface area contributed by atoms with Gasteiger partial charge < -0.3 is 19.7 Å². The van der Waals surface area contributed by atoms with Crippen molar-refractivity contribution >= 4 is 27.5 Å². The van der Waals surface area contributed by atoms with Crippen molar-refractivity contribution in [2.24, 2.45) is 0 Å². The van der Waals surface area contributed by atoms with Gasteiger partial charge >= 0.3 is 0 Å². The monoisotopic (exact) mass is 434 g/mol. The Kier molecular flexibility index (Phi) is 5.31. The molecule has 0 aromatic heterocycles. The number of benzene rings is 2. The van der Waals surface area contributed by atoms with Crippen molar-refractivity contribution in [3.05, 3.63) is 52.3 Å². The second kappa shape index (κ2) is 7.86. The van der Waals surface area contributed by atoms with Crippen molar-refractivity contribution in [2.75, 3.05) is 24.7 Å². The van der Waals surface area contributed by atoms with Crippen LogP contribution in [-0.4, -0.2) is 31.7 Å². The molecule has 1 N–H and O–H groups in total. The van der Waals surface area contributed by atoms with Gasteiger partial charge in [0, 0.05) is 19.5 Å². The minimum absolute atomic E-state index is 0.103. The molecule has 0 spiro atoms. The number of hydrogen-bond acceptors (Lipinski definition) is 4. The Hall–Kier alpha value is -2.12. The molecule has 0 aliphatic carbocycles. The summed E-state index contributed by atoms with van der Waals surface area (Å²) in [4.78, 5) is 14.2. The number of ether oxygens (including phenoxy) is 2. The van der Waals surface area contributed by atoms with E-state index in [1.807, 2.05) is 12.1 Å². The number of amides is 1. The van der Waals surface area contributed by atoms with Gasteiger partial charge in [-0.25, -0.2) is 4.39 Å². The minimum atomic E-state index is -0.377. The zero-order valence-corrected chi connectivity index (χ0v) is 16.3. The molecule has 4 rings (SSSR count). The van der Waals surface area contributed by atoms with E-state index < -0.39 is 0 Å².